The van der Waals surface area contributed by atoms with Crippen LogP contribution in [-0.2, 0) is 34.1 Å². The summed E-state index contributed by atoms with van der Waals surface area (Å²) in [7, 11) is -3.46. The van der Waals surface area contributed by atoms with Crippen molar-refractivity contribution in [3.05, 3.63) is 59.2 Å². The Morgan fingerprint density at radius 3 is 2.59 bits per heavy atom. The summed E-state index contributed by atoms with van der Waals surface area (Å²) >= 11 is 0. The van der Waals surface area contributed by atoms with Crippen LogP contribution >= 0.6 is 0 Å². The minimum absolute atomic E-state index is 0.0817. The molecule has 144 valence electrons. The summed E-state index contributed by atoms with van der Waals surface area (Å²) in [5, 5.41) is 2.91. The number of benzene rings is 2. The molecule has 1 aliphatic rings. The lowest BCUT2D eigenvalue weighted by molar-refractivity contribution is -0.120. The van der Waals surface area contributed by atoms with E-state index in [0.29, 0.717) is 13.1 Å². The molecule has 1 heterocycles. The van der Waals surface area contributed by atoms with E-state index in [9.17, 15) is 13.2 Å². The first-order valence-electron chi connectivity index (χ1n) is 9.08. The van der Waals surface area contributed by atoms with Gasteiger partial charge >= 0.3 is 0 Å². The summed E-state index contributed by atoms with van der Waals surface area (Å²) in [6.07, 6.45) is 1.92. The van der Waals surface area contributed by atoms with Gasteiger partial charge < -0.3 is 10.1 Å². The number of hydrogen-bond acceptors (Lipinski definition) is 4. The third-order valence-corrected chi connectivity index (χ3v) is 5.98. The van der Waals surface area contributed by atoms with Crippen LogP contribution in [0.25, 0.3) is 0 Å². The molecule has 0 fully saturated rings. The molecule has 3 rings (SSSR count). The third kappa shape index (κ3) is 5.08. The van der Waals surface area contributed by atoms with Crippen LogP contribution in [0.15, 0.2) is 47.4 Å². The average molecular weight is 388 g/mol. The zero-order chi connectivity index (χ0) is 19.3. The number of fused-ring (bicyclic) bond motifs is 1. The van der Waals surface area contributed by atoms with Gasteiger partial charge in [-0.05, 0) is 41.3 Å². The Hall–Kier alpha value is -2.38. The Morgan fingerprint density at radius 2 is 1.85 bits per heavy atom. The van der Waals surface area contributed by atoms with E-state index in [1.807, 2.05) is 12.1 Å². The van der Waals surface area contributed by atoms with Gasteiger partial charge in [-0.2, -0.15) is 0 Å². The van der Waals surface area contributed by atoms with E-state index in [4.69, 9.17) is 4.74 Å². The Labute approximate surface area is 160 Å². The zero-order valence-corrected chi connectivity index (χ0v) is 16.1. The molecule has 0 saturated heterocycles. The molecule has 2 aromatic carbocycles. The van der Waals surface area contributed by atoms with Crippen molar-refractivity contribution < 1.29 is 17.9 Å². The number of ether oxygens (including phenoxy) is 1. The molecule has 1 aliphatic heterocycles. The first kappa shape index (κ1) is 19.4. The largest absolute Gasteiger partial charge is 0.493 e. The lowest BCUT2D eigenvalue weighted by Gasteiger charge is -2.08. The van der Waals surface area contributed by atoms with E-state index in [0.717, 1.165) is 30.8 Å². The SMILES string of the molecule is CCNS(=O)(=O)c1ccc(CC(=O)NCCc2ccc3c(c2)CCO3)cc1. The minimum atomic E-state index is -3.46. The summed E-state index contributed by atoms with van der Waals surface area (Å²) in [4.78, 5) is 12.3. The lowest BCUT2D eigenvalue weighted by atomic mass is 10.1. The van der Waals surface area contributed by atoms with Crippen molar-refractivity contribution in [2.45, 2.75) is 31.1 Å². The van der Waals surface area contributed by atoms with Crippen LogP contribution in [0.4, 0.5) is 0 Å². The Bertz CT molecular complexity index is 908. The van der Waals surface area contributed by atoms with E-state index in [2.05, 4.69) is 16.1 Å². The number of nitrogens with one attached hydrogen (secondary N) is 2. The maximum Gasteiger partial charge on any atom is 0.240 e. The number of sulfonamides is 1. The summed E-state index contributed by atoms with van der Waals surface area (Å²) in [6.45, 7) is 3.37. The number of hydrogen-bond donors (Lipinski definition) is 2. The van der Waals surface area contributed by atoms with Crippen molar-refractivity contribution in [1.29, 1.82) is 0 Å². The molecule has 2 N–H and O–H groups in total. The molecular formula is C20H24N2O4S. The molecule has 0 spiro atoms. The van der Waals surface area contributed by atoms with Gasteiger partial charge in [0, 0.05) is 19.5 Å². The smallest absolute Gasteiger partial charge is 0.240 e. The van der Waals surface area contributed by atoms with Gasteiger partial charge in [0.05, 0.1) is 17.9 Å². The predicted molar refractivity (Wildman–Crippen MR) is 103 cm³/mol. The second-order valence-electron chi connectivity index (χ2n) is 6.46. The van der Waals surface area contributed by atoms with Crippen molar-refractivity contribution in [3.63, 3.8) is 0 Å². The van der Waals surface area contributed by atoms with Gasteiger partial charge in [-0.15, -0.1) is 0 Å². The van der Waals surface area contributed by atoms with E-state index in [1.54, 1.807) is 19.1 Å². The predicted octanol–water partition coefficient (Wildman–Crippen LogP) is 1.82. The molecule has 0 aliphatic carbocycles. The average Bonchev–Trinajstić information content (AvgIpc) is 3.10. The molecule has 0 atom stereocenters. The first-order valence-corrected chi connectivity index (χ1v) is 10.6. The van der Waals surface area contributed by atoms with E-state index in [-0.39, 0.29) is 17.2 Å². The van der Waals surface area contributed by atoms with Crippen molar-refractivity contribution in [2.75, 3.05) is 19.7 Å². The van der Waals surface area contributed by atoms with Gasteiger partial charge in [0.25, 0.3) is 0 Å². The van der Waals surface area contributed by atoms with Crippen LogP contribution in [0.2, 0.25) is 0 Å². The minimum Gasteiger partial charge on any atom is -0.493 e. The van der Waals surface area contributed by atoms with Crippen molar-refractivity contribution in [3.8, 4) is 5.75 Å². The third-order valence-electron chi connectivity index (χ3n) is 4.42. The molecular weight excluding hydrogens is 364 g/mol. The molecule has 27 heavy (non-hydrogen) atoms. The van der Waals surface area contributed by atoms with Gasteiger partial charge in [-0.1, -0.05) is 31.2 Å². The van der Waals surface area contributed by atoms with Crippen LogP contribution in [-0.4, -0.2) is 34.0 Å². The molecule has 2 aromatic rings. The maximum atomic E-state index is 12.1. The first-order chi connectivity index (χ1) is 13.0. The van der Waals surface area contributed by atoms with Crippen LogP contribution in [0.5, 0.6) is 5.75 Å². The second-order valence-corrected chi connectivity index (χ2v) is 8.23. The Kier molecular flexibility index (Phi) is 6.13. The highest BCUT2D eigenvalue weighted by Crippen LogP contribution is 2.25. The fourth-order valence-corrected chi connectivity index (χ4v) is 4.09. The maximum absolute atomic E-state index is 12.1. The highest BCUT2D eigenvalue weighted by molar-refractivity contribution is 7.89. The van der Waals surface area contributed by atoms with E-state index >= 15 is 0 Å². The summed E-state index contributed by atoms with van der Waals surface area (Å²) in [6, 6.07) is 12.5. The van der Waals surface area contributed by atoms with Crippen LogP contribution in [0, 0.1) is 0 Å². The summed E-state index contributed by atoms with van der Waals surface area (Å²) in [5.41, 5.74) is 3.18. The van der Waals surface area contributed by atoms with Crippen LogP contribution in [0.1, 0.15) is 23.6 Å². The lowest BCUT2D eigenvalue weighted by Crippen LogP contribution is -2.27. The number of carbonyl (C=O) groups excluding carboxylic acids is 1. The number of amides is 1. The molecule has 0 bridgehead atoms. The number of carbonyl (C=O) groups is 1. The fourth-order valence-electron chi connectivity index (χ4n) is 3.05. The van der Waals surface area contributed by atoms with Gasteiger partial charge in [0.1, 0.15) is 5.75 Å². The molecule has 0 radical (unpaired) electrons. The summed E-state index contributed by atoms with van der Waals surface area (Å²) < 4.78 is 31.8. The topological polar surface area (TPSA) is 84.5 Å². The molecule has 0 saturated carbocycles. The van der Waals surface area contributed by atoms with Crippen LogP contribution in [0.3, 0.4) is 0 Å². The second kappa shape index (κ2) is 8.54. The Balaban J connectivity index is 1.48. The van der Waals surface area contributed by atoms with Crippen molar-refractivity contribution in [1.82, 2.24) is 10.0 Å². The molecule has 6 nitrogen and oxygen atoms in total. The van der Waals surface area contributed by atoms with Crippen molar-refractivity contribution >= 4 is 15.9 Å². The van der Waals surface area contributed by atoms with Gasteiger partial charge in [0.2, 0.25) is 15.9 Å². The molecule has 7 heteroatoms. The van der Waals surface area contributed by atoms with Gasteiger partial charge in [-0.3, -0.25) is 4.79 Å². The normalized spacial score (nSPS) is 13.1. The van der Waals surface area contributed by atoms with E-state index < -0.39 is 10.0 Å². The molecule has 1 amide bonds. The van der Waals surface area contributed by atoms with Gasteiger partial charge in [-0.25, -0.2) is 13.1 Å². The number of rotatable bonds is 8. The quantitative estimate of drug-likeness (QED) is 0.722. The fraction of sp³-hybridized carbons (Fsp3) is 0.350. The highest BCUT2D eigenvalue weighted by atomic mass is 32.2. The monoisotopic (exact) mass is 388 g/mol. The van der Waals surface area contributed by atoms with Crippen LogP contribution < -0.4 is 14.8 Å². The molecule has 0 aromatic heterocycles. The zero-order valence-electron chi connectivity index (χ0n) is 15.3. The summed E-state index contributed by atoms with van der Waals surface area (Å²) in [5.74, 6) is 0.879. The van der Waals surface area contributed by atoms with E-state index in [1.165, 1.54) is 23.3 Å². The molecule has 0 unspecified atom stereocenters. The standard InChI is InChI=1S/C20H24N2O4S/c1-2-22-27(24,25)18-6-3-15(4-7-18)14-20(23)21-11-9-16-5-8-19-17(13-16)10-12-26-19/h3-8,13,22H,2,9-12,14H2,1H3,(H,21,23). The Morgan fingerprint density at radius 1 is 1.11 bits per heavy atom. The van der Waals surface area contributed by atoms with Gasteiger partial charge in [0.15, 0.2) is 0 Å². The highest BCUT2D eigenvalue weighted by Gasteiger charge is 2.13. The van der Waals surface area contributed by atoms with Crippen molar-refractivity contribution in [2.24, 2.45) is 0 Å².